The average Bonchev–Trinajstić information content (AvgIpc) is 3.28. The van der Waals surface area contributed by atoms with E-state index in [1.807, 2.05) is 13.0 Å². The van der Waals surface area contributed by atoms with Crippen molar-refractivity contribution in [3.63, 3.8) is 0 Å². The fourth-order valence-corrected chi connectivity index (χ4v) is 4.36. The van der Waals surface area contributed by atoms with Gasteiger partial charge >= 0.3 is 5.69 Å². The van der Waals surface area contributed by atoms with Crippen LogP contribution in [0.4, 0.5) is 11.5 Å². The highest BCUT2D eigenvalue weighted by atomic mass is 32.2. The third-order valence-corrected chi connectivity index (χ3v) is 6.47. The van der Waals surface area contributed by atoms with Crippen LogP contribution < -0.4 is 21.9 Å². The lowest BCUT2D eigenvalue weighted by molar-refractivity contribution is -0.118. The number of thioether (sulfide) groups is 1. The van der Waals surface area contributed by atoms with Gasteiger partial charge in [-0.3, -0.25) is 24.0 Å². The molecule has 3 rings (SSSR count). The third kappa shape index (κ3) is 5.98. The second kappa shape index (κ2) is 11.1. The molecule has 0 saturated heterocycles. The Morgan fingerprint density at radius 1 is 1.21 bits per heavy atom. The van der Waals surface area contributed by atoms with E-state index in [0.29, 0.717) is 24.5 Å². The van der Waals surface area contributed by atoms with E-state index in [0.717, 1.165) is 11.3 Å². The number of nitrogens with two attached hydrogens (primary N) is 1. The van der Waals surface area contributed by atoms with Crippen molar-refractivity contribution in [2.45, 2.75) is 58.0 Å². The highest BCUT2D eigenvalue weighted by molar-refractivity contribution is 7.99. The van der Waals surface area contributed by atoms with Crippen molar-refractivity contribution in [2.75, 3.05) is 16.4 Å². The Morgan fingerprint density at radius 2 is 2.00 bits per heavy atom. The molecular weight excluding hydrogens is 440 g/mol. The first-order valence-electron chi connectivity index (χ1n) is 11.0. The molecule has 0 spiro atoms. The summed E-state index contributed by atoms with van der Waals surface area (Å²) in [7, 11) is 0. The van der Waals surface area contributed by atoms with Gasteiger partial charge in [-0.05, 0) is 55.7 Å². The summed E-state index contributed by atoms with van der Waals surface area (Å²) in [5.41, 5.74) is 7.38. The molecule has 33 heavy (non-hydrogen) atoms. The zero-order chi connectivity index (χ0) is 24.0. The SMILES string of the molecule is CCCCn1c(N)c(N(Cc2ccco2)C(=O)CCSc2ccc(C)c(C)c2)c(=O)[nH]c1=O. The van der Waals surface area contributed by atoms with Gasteiger partial charge in [0.05, 0.1) is 12.8 Å². The van der Waals surface area contributed by atoms with Crippen LogP contribution in [0.25, 0.3) is 0 Å². The third-order valence-electron chi connectivity index (χ3n) is 5.48. The fraction of sp³-hybridized carbons (Fsp3) is 0.375. The van der Waals surface area contributed by atoms with E-state index < -0.39 is 11.2 Å². The van der Waals surface area contributed by atoms with E-state index in [1.165, 1.54) is 26.9 Å². The summed E-state index contributed by atoms with van der Waals surface area (Å²) < 4.78 is 6.72. The number of nitrogens with zero attached hydrogens (tertiary/aromatic N) is 2. The minimum Gasteiger partial charge on any atom is -0.467 e. The van der Waals surface area contributed by atoms with Gasteiger partial charge in [0.2, 0.25) is 5.91 Å². The molecule has 8 nitrogen and oxygen atoms in total. The molecule has 3 aromatic rings. The summed E-state index contributed by atoms with van der Waals surface area (Å²) in [5.74, 6) is 0.748. The van der Waals surface area contributed by atoms with Gasteiger partial charge in [0, 0.05) is 23.6 Å². The van der Waals surface area contributed by atoms with Crippen molar-refractivity contribution in [3.05, 3.63) is 74.3 Å². The van der Waals surface area contributed by atoms with Crippen LogP contribution in [-0.2, 0) is 17.9 Å². The molecule has 2 aromatic heterocycles. The van der Waals surface area contributed by atoms with Gasteiger partial charge < -0.3 is 10.2 Å². The molecule has 2 heterocycles. The smallest absolute Gasteiger partial charge is 0.330 e. The zero-order valence-corrected chi connectivity index (χ0v) is 20.0. The highest BCUT2D eigenvalue weighted by Crippen LogP contribution is 2.24. The number of anilines is 2. The Kier molecular flexibility index (Phi) is 8.21. The largest absolute Gasteiger partial charge is 0.467 e. The van der Waals surface area contributed by atoms with Gasteiger partial charge in [-0.25, -0.2) is 4.79 Å². The van der Waals surface area contributed by atoms with Gasteiger partial charge in [-0.2, -0.15) is 0 Å². The van der Waals surface area contributed by atoms with Gasteiger partial charge in [0.1, 0.15) is 11.6 Å². The number of unbranched alkanes of at least 4 members (excludes halogenated alkanes) is 1. The Bertz CT molecular complexity index is 1210. The molecule has 3 N–H and O–H groups in total. The number of amides is 1. The number of benzene rings is 1. The first-order chi connectivity index (χ1) is 15.8. The molecule has 0 bridgehead atoms. The Morgan fingerprint density at radius 3 is 2.67 bits per heavy atom. The molecule has 1 aromatic carbocycles. The van der Waals surface area contributed by atoms with E-state index >= 15 is 0 Å². The van der Waals surface area contributed by atoms with Crippen molar-refractivity contribution in [1.82, 2.24) is 9.55 Å². The van der Waals surface area contributed by atoms with Gasteiger partial charge in [-0.15, -0.1) is 11.8 Å². The van der Waals surface area contributed by atoms with E-state index in [4.69, 9.17) is 10.2 Å². The average molecular weight is 471 g/mol. The predicted octanol–water partition coefficient (Wildman–Crippen LogP) is 3.84. The summed E-state index contributed by atoms with van der Waals surface area (Å²) in [6, 6.07) is 9.62. The minimum absolute atomic E-state index is 0.0149. The van der Waals surface area contributed by atoms with Gasteiger partial charge in [0.15, 0.2) is 5.69 Å². The fourth-order valence-electron chi connectivity index (χ4n) is 3.42. The van der Waals surface area contributed by atoms with Crippen LogP contribution in [0.5, 0.6) is 0 Å². The predicted molar refractivity (Wildman–Crippen MR) is 132 cm³/mol. The minimum atomic E-state index is -0.688. The van der Waals surface area contributed by atoms with E-state index in [2.05, 4.69) is 31.0 Å². The standard InChI is InChI=1S/C24H30N4O4S/c1-4-5-11-27-22(25)21(23(30)26-24(27)31)28(15-18-7-6-12-32-18)20(29)10-13-33-19-9-8-16(2)17(3)14-19/h6-9,12,14H,4-5,10-11,13,15,25H2,1-3H3,(H,26,30,31). The molecule has 1 amide bonds. The summed E-state index contributed by atoms with van der Waals surface area (Å²) in [5, 5.41) is 0. The lowest BCUT2D eigenvalue weighted by atomic mass is 10.1. The Labute approximate surface area is 196 Å². The molecule has 0 radical (unpaired) electrons. The maximum Gasteiger partial charge on any atom is 0.330 e. The maximum atomic E-state index is 13.3. The van der Waals surface area contributed by atoms with Crippen LogP contribution in [0.3, 0.4) is 0 Å². The number of hydrogen-bond donors (Lipinski definition) is 2. The van der Waals surface area contributed by atoms with Crippen molar-refractivity contribution in [3.8, 4) is 0 Å². The molecule has 0 aliphatic heterocycles. The number of aromatic amines is 1. The maximum absolute atomic E-state index is 13.3. The molecule has 0 atom stereocenters. The highest BCUT2D eigenvalue weighted by Gasteiger charge is 2.25. The topological polar surface area (TPSA) is 114 Å². The van der Waals surface area contributed by atoms with E-state index in [-0.39, 0.29) is 30.4 Å². The van der Waals surface area contributed by atoms with Crippen LogP contribution in [-0.4, -0.2) is 21.2 Å². The quantitative estimate of drug-likeness (QED) is 0.435. The van der Waals surface area contributed by atoms with E-state index in [9.17, 15) is 14.4 Å². The number of aromatic nitrogens is 2. The summed E-state index contributed by atoms with van der Waals surface area (Å²) in [6.45, 7) is 6.50. The van der Waals surface area contributed by atoms with Crippen LogP contribution in [0.1, 0.15) is 43.1 Å². The molecule has 176 valence electrons. The first kappa shape index (κ1) is 24.4. The van der Waals surface area contributed by atoms with Crippen molar-refractivity contribution < 1.29 is 9.21 Å². The van der Waals surface area contributed by atoms with Crippen LogP contribution in [0.15, 0.2) is 55.5 Å². The van der Waals surface area contributed by atoms with Crippen LogP contribution in [0, 0.1) is 13.8 Å². The number of nitrogen functional groups attached to an aromatic ring is 1. The number of aryl methyl sites for hydroxylation is 2. The second-order valence-electron chi connectivity index (χ2n) is 7.90. The second-order valence-corrected chi connectivity index (χ2v) is 9.07. The number of rotatable bonds is 10. The molecule has 0 fully saturated rings. The lowest BCUT2D eigenvalue weighted by Crippen LogP contribution is -2.41. The molecule has 0 saturated carbocycles. The summed E-state index contributed by atoms with van der Waals surface area (Å²) >= 11 is 1.57. The molecule has 9 heteroatoms. The number of carbonyl (C=O) groups excluding carboxylic acids is 1. The first-order valence-corrected chi connectivity index (χ1v) is 12.0. The number of furan rings is 1. The molecular formula is C24H30N4O4S. The normalized spacial score (nSPS) is 11.0. The molecule has 0 aliphatic rings. The van der Waals surface area contributed by atoms with Gasteiger partial charge in [0.25, 0.3) is 5.56 Å². The molecule has 0 aliphatic carbocycles. The van der Waals surface area contributed by atoms with Crippen LogP contribution >= 0.6 is 11.8 Å². The zero-order valence-electron chi connectivity index (χ0n) is 19.2. The Balaban J connectivity index is 1.87. The van der Waals surface area contributed by atoms with Crippen LogP contribution in [0.2, 0.25) is 0 Å². The summed E-state index contributed by atoms with van der Waals surface area (Å²) in [4.78, 5) is 43.0. The number of hydrogen-bond acceptors (Lipinski definition) is 6. The monoisotopic (exact) mass is 470 g/mol. The summed E-state index contributed by atoms with van der Waals surface area (Å²) in [6.07, 6.45) is 3.26. The molecule has 0 unspecified atom stereocenters. The van der Waals surface area contributed by atoms with Crippen molar-refractivity contribution in [2.24, 2.45) is 0 Å². The van der Waals surface area contributed by atoms with Gasteiger partial charge in [-0.1, -0.05) is 19.4 Å². The Hall–Kier alpha value is -3.20. The van der Waals surface area contributed by atoms with E-state index in [1.54, 1.807) is 23.9 Å². The van der Waals surface area contributed by atoms with Crippen molar-refractivity contribution in [1.29, 1.82) is 0 Å². The lowest BCUT2D eigenvalue weighted by Gasteiger charge is -2.24. The number of nitrogens with one attached hydrogen (secondary N) is 1. The number of H-pyrrole nitrogens is 1. The van der Waals surface area contributed by atoms with Crippen molar-refractivity contribution >= 4 is 29.2 Å². The number of carbonyl (C=O) groups is 1.